The summed E-state index contributed by atoms with van der Waals surface area (Å²) in [5, 5.41) is 0. The van der Waals surface area contributed by atoms with Crippen molar-refractivity contribution in [3.05, 3.63) is 102 Å². The topological polar surface area (TPSA) is 32.8 Å². The first-order chi connectivity index (χ1) is 17.2. The van der Waals surface area contributed by atoms with Crippen molar-refractivity contribution in [1.82, 2.24) is 9.80 Å². The van der Waals surface area contributed by atoms with Gasteiger partial charge in [-0.1, -0.05) is 72.8 Å². The standard InChI is InChI=1S/C31H36N2O2/c1-35-28-14-12-25(13-15-28)24-33-23-19-31(30(33)34)17-21-32(22-18-31)20-16-29(26-8-4-2-5-9-26)27-10-6-3-7-11-27/h2-15,29H,16-24H2,1H3. The molecule has 0 aliphatic carbocycles. The first-order valence-corrected chi connectivity index (χ1v) is 12.9. The van der Waals surface area contributed by atoms with E-state index in [-0.39, 0.29) is 5.41 Å². The third-order valence-electron chi connectivity index (χ3n) is 8.08. The minimum atomic E-state index is -0.152. The van der Waals surface area contributed by atoms with Crippen molar-refractivity contribution in [3.8, 4) is 5.75 Å². The van der Waals surface area contributed by atoms with Crippen molar-refractivity contribution in [1.29, 1.82) is 0 Å². The van der Waals surface area contributed by atoms with Crippen molar-refractivity contribution in [2.75, 3.05) is 33.3 Å². The molecule has 5 rings (SSSR count). The molecule has 4 nitrogen and oxygen atoms in total. The van der Waals surface area contributed by atoms with E-state index in [4.69, 9.17) is 4.74 Å². The smallest absolute Gasteiger partial charge is 0.229 e. The van der Waals surface area contributed by atoms with Crippen LogP contribution in [0.25, 0.3) is 0 Å². The summed E-state index contributed by atoms with van der Waals surface area (Å²) in [5.41, 5.74) is 3.78. The fourth-order valence-corrected chi connectivity index (χ4v) is 5.87. The minimum Gasteiger partial charge on any atom is -0.497 e. The Labute approximate surface area is 209 Å². The van der Waals surface area contributed by atoms with Crippen LogP contribution in [0.15, 0.2) is 84.9 Å². The van der Waals surface area contributed by atoms with Gasteiger partial charge in [0.25, 0.3) is 0 Å². The van der Waals surface area contributed by atoms with Crippen molar-refractivity contribution < 1.29 is 9.53 Å². The average molecular weight is 469 g/mol. The molecule has 2 aliphatic heterocycles. The van der Waals surface area contributed by atoms with E-state index in [1.165, 1.54) is 16.7 Å². The highest BCUT2D eigenvalue weighted by molar-refractivity contribution is 5.85. The van der Waals surface area contributed by atoms with Gasteiger partial charge in [-0.05, 0) is 74.1 Å². The molecule has 0 unspecified atom stereocenters. The number of likely N-dealkylation sites (tertiary alicyclic amines) is 2. The van der Waals surface area contributed by atoms with E-state index in [0.29, 0.717) is 18.4 Å². The first-order valence-electron chi connectivity index (χ1n) is 12.9. The number of methoxy groups -OCH3 is 1. The summed E-state index contributed by atoms with van der Waals surface area (Å²) in [6.07, 6.45) is 4.05. The molecule has 35 heavy (non-hydrogen) atoms. The predicted octanol–water partition coefficient (Wildman–Crippen LogP) is 5.73. The normalized spacial score (nSPS) is 17.9. The number of nitrogens with zero attached hydrogens (tertiary/aromatic N) is 2. The number of piperidine rings is 1. The van der Waals surface area contributed by atoms with Gasteiger partial charge in [-0.3, -0.25) is 4.79 Å². The molecule has 3 aromatic rings. The second-order valence-corrected chi connectivity index (χ2v) is 10.1. The number of hydrogen-bond acceptors (Lipinski definition) is 3. The van der Waals surface area contributed by atoms with Gasteiger partial charge in [0, 0.05) is 19.0 Å². The Morgan fingerprint density at radius 3 is 1.94 bits per heavy atom. The van der Waals surface area contributed by atoms with Gasteiger partial charge in [-0.25, -0.2) is 0 Å². The van der Waals surface area contributed by atoms with E-state index in [9.17, 15) is 4.79 Å². The number of ether oxygens (including phenoxy) is 1. The average Bonchev–Trinajstić information content (AvgIpc) is 3.21. The Bertz CT molecular complexity index is 1050. The molecule has 0 saturated carbocycles. The molecule has 1 amide bonds. The van der Waals surface area contributed by atoms with E-state index in [1.807, 2.05) is 12.1 Å². The molecule has 4 heteroatoms. The van der Waals surface area contributed by atoms with Crippen LogP contribution in [0.3, 0.4) is 0 Å². The van der Waals surface area contributed by atoms with Crippen LogP contribution in [0.1, 0.15) is 48.3 Å². The van der Waals surface area contributed by atoms with Crippen LogP contribution in [0.4, 0.5) is 0 Å². The van der Waals surface area contributed by atoms with Gasteiger partial charge in [0.1, 0.15) is 5.75 Å². The van der Waals surface area contributed by atoms with Crippen LogP contribution < -0.4 is 4.74 Å². The van der Waals surface area contributed by atoms with Gasteiger partial charge in [-0.15, -0.1) is 0 Å². The number of benzene rings is 3. The largest absolute Gasteiger partial charge is 0.497 e. The van der Waals surface area contributed by atoms with Crippen molar-refractivity contribution in [2.45, 2.75) is 38.1 Å². The summed E-state index contributed by atoms with van der Waals surface area (Å²) in [6.45, 7) is 4.66. The summed E-state index contributed by atoms with van der Waals surface area (Å²) in [4.78, 5) is 18.1. The van der Waals surface area contributed by atoms with E-state index in [0.717, 1.165) is 57.6 Å². The van der Waals surface area contributed by atoms with Gasteiger partial charge in [0.05, 0.1) is 12.5 Å². The molecular weight excluding hydrogens is 432 g/mol. The fourth-order valence-electron chi connectivity index (χ4n) is 5.87. The molecule has 0 N–H and O–H groups in total. The van der Waals surface area contributed by atoms with Crippen LogP contribution in [-0.2, 0) is 11.3 Å². The number of carbonyl (C=O) groups excluding carboxylic acids is 1. The molecule has 0 bridgehead atoms. The van der Waals surface area contributed by atoms with Crippen LogP contribution in [0.5, 0.6) is 5.75 Å². The minimum absolute atomic E-state index is 0.152. The molecule has 3 aromatic carbocycles. The quantitative estimate of drug-likeness (QED) is 0.423. The van der Waals surface area contributed by atoms with Crippen LogP contribution in [0, 0.1) is 5.41 Å². The maximum atomic E-state index is 13.4. The zero-order chi connectivity index (χ0) is 24.1. The van der Waals surface area contributed by atoms with E-state index >= 15 is 0 Å². The second kappa shape index (κ2) is 10.7. The highest BCUT2D eigenvalue weighted by Gasteiger charge is 2.47. The molecule has 2 saturated heterocycles. The highest BCUT2D eigenvalue weighted by Crippen LogP contribution is 2.42. The summed E-state index contributed by atoms with van der Waals surface area (Å²) < 4.78 is 5.26. The molecule has 2 heterocycles. The Kier molecular flexibility index (Phi) is 7.19. The maximum absolute atomic E-state index is 13.4. The lowest BCUT2D eigenvalue weighted by molar-refractivity contribution is -0.138. The first kappa shape index (κ1) is 23.6. The Hall–Kier alpha value is -3.11. The van der Waals surface area contributed by atoms with Crippen LogP contribution in [-0.4, -0.2) is 49.0 Å². The molecule has 1 spiro atoms. The summed E-state index contributed by atoms with van der Waals surface area (Å²) in [6, 6.07) is 29.8. The van der Waals surface area contributed by atoms with E-state index < -0.39 is 0 Å². The zero-order valence-corrected chi connectivity index (χ0v) is 20.7. The Balaban J connectivity index is 1.17. The van der Waals surface area contributed by atoms with Gasteiger partial charge < -0.3 is 14.5 Å². The monoisotopic (exact) mass is 468 g/mol. The number of hydrogen-bond donors (Lipinski definition) is 0. The lowest BCUT2D eigenvalue weighted by Crippen LogP contribution is -2.45. The Morgan fingerprint density at radius 1 is 0.800 bits per heavy atom. The van der Waals surface area contributed by atoms with Crippen molar-refractivity contribution >= 4 is 5.91 Å². The summed E-state index contributed by atoms with van der Waals surface area (Å²) in [7, 11) is 1.68. The molecule has 0 atom stereocenters. The third kappa shape index (κ3) is 5.28. The Morgan fingerprint density at radius 2 is 1.37 bits per heavy atom. The SMILES string of the molecule is COc1ccc(CN2CCC3(CCN(CCC(c4ccccc4)c4ccccc4)CC3)C2=O)cc1. The molecule has 0 radical (unpaired) electrons. The fraction of sp³-hybridized carbons (Fsp3) is 0.387. The number of carbonyl (C=O) groups is 1. The molecule has 2 fully saturated rings. The second-order valence-electron chi connectivity index (χ2n) is 10.1. The lowest BCUT2D eigenvalue weighted by Gasteiger charge is -2.38. The number of amides is 1. The van der Waals surface area contributed by atoms with E-state index in [1.54, 1.807) is 7.11 Å². The molecular formula is C31H36N2O2. The van der Waals surface area contributed by atoms with E-state index in [2.05, 4.69) is 82.6 Å². The lowest BCUT2D eigenvalue weighted by atomic mass is 9.77. The molecule has 182 valence electrons. The molecule has 0 aromatic heterocycles. The number of rotatable bonds is 8. The van der Waals surface area contributed by atoms with Gasteiger partial charge in [0.2, 0.25) is 5.91 Å². The van der Waals surface area contributed by atoms with Gasteiger partial charge in [-0.2, -0.15) is 0 Å². The summed E-state index contributed by atoms with van der Waals surface area (Å²) in [5.74, 6) is 1.62. The summed E-state index contributed by atoms with van der Waals surface area (Å²) >= 11 is 0. The maximum Gasteiger partial charge on any atom is 0.229 e. The van der Waals surface area contributed by atoms with Crippen molar-refractivity contribution in [2.24, 2.45) is 5.41 Å². The van der Waals surface area contributed by atoms with Gasteiger partial charge in [0.15, 0.2) is 0 Å². The van der Waals surface area contributed by atoms with Crippen LogP contribution >= 0.6 is 0 Å². The zero-order valence-electron chi connectivity index (χ0n) is 20.7. The van der Waals surface area contributed by atoms with Crippen LogP contribution in [0.2, 0.25) is 0 Å². The predicted molar refractivity (Wildman–Crippen MR) is 140 cm³/mol. The highest BCUT2D eigenvalue weighted by atomic mass is 16.5. The molecule has 2 aliphatic rings. The third-order valence-corrected chi connectivity index (χ3v) is 8.08. The van der Waals surface area contributed by atoms with Crippen molar-refractivity contribution in [3.63, 3.8) is 0 Å². The van der Waals surface area contributed by atoms with Gasteiger partial charge >= 0.3 is 0 Å².